The van der Waals surface area contributed by atoms with Crippen molar-refractivity contribution in [2.75, 3.05) is 6.61 Å². The molecule has 0 spiro atoms. The number of Topliss-reactive ketones (excluding diaryl/α,β-unsaturated/α-hetero) is 1. The minimum absolute atomic E-state index is 0.00555. The van der Waals surface area contributed by atoms with Gasteiger partial charge in [-0.05, 0) is 68.8 Å². The molecule has 4 aliphatic carbocycles. The van der Waals surface area contributed by atoms with Crippen LogP contribution in [-0.4, -0.2) is 52.0 Å². The summed E-state index contributed by atoms with van der Waals surface area (Å²) in [5.41, 5.74) is -1.40. The average Bonchev–Trinajstić information content (AvgIpc) is 2.80. The Labute approximate surface area is 171 Å². The Morgan fingerprint density at radius 3 is 2.69 bits per heavy atom. The van der Waals surface area contributed by atoms with E-state index in [1.807, 2.05) is 19.9 Å². The van der Waals surface area contributed by atoms with E-state index in [-0.39, 0.29) is 28.8 Å². The molecular formula is C23H32O6. The number of ketones is 2. The molecule has 2 bridgehead atoms. The first-order valence-electron chi connectivity index (χ1n) is 11.1. The van der Waals surface area contributed by atoms with Crippen LogP contribution in [-0.2, 0) is 19.1 Å². The molecule has 3 saturated carbocycles. The van der Waals surface area contributed by atoms with Crippen LogP contribution in [0.1, 0.15) is 65.7 Å². The quantitative estimate of drug-likeness (QED) is 0.734. The molecule has 0 aromatic heterocycles. The predicted molar refractivity (Wildman–Crippen MR) is 104 cm³/mol. The second-order valence-corrected chi connectivity index (χ2v) is 10.4. The van der Waals surface area contributed by atoms with Gasteiger partial charge in [-0.2, -0.15) is 0 Å². The molecule has 1 heterocycles. The van der Waals surface area contributed by atoms with Crippen LogP contribution in [0.3, 0.4) is 0 Å². The lowest BCUT2D eigenvalue weighted by Crippen LogP contribution is -2.74. The summed E-state index contributed by atoms with van der Waals surface area (Å²) in [6, 6.07) is 0. The fraction of sp³-hybridized carbons (Fsp3) is 0.826. The zero-order valence-electron chi connectivity index (χ0n) is 17.6. The van der Waals surface area contributed by atoms with Crippen molar-refractivity contribution in [1.29, 1.82) is 0 Å². The Balaban J connectivity index is 1.65. The summed E-state index contributed by atoms with van der Waals surface area (Å²) in [5.74, 6) is -0.0255. The smallest absolute Gasteiger partial charge is 0.190 e. The Morgan fingerprint density at radius 2 is 1.97 bits per heavy atom. The minimum atomic E-state index is -1.11. The van der Waals surface area contributed by atoms with Crippen molar-refractivity contribution in [3.05, 3.63) is 11.6 Å². The van der Waals surface area contributed by atoms with Gasteiger partial charge in [0.2, 0.25) is 0 Å². The Kier molecular flexibility index (Phi) is 4.11. The molecule has 0 aromatic carbocycles. The second-order valence-electron chi connectivity index (χ2n) is 10.4. The highest BCUT2D eigenvalue weighted by Crippen LogP contribution is 2.73. The molecule has 160 valence electrons. The highest BCUT2D eigenvalue weighted by Gasteiger charge is 2.79. The number of allylic oxidation sites excluding steroid dienone is 1. The van der Waals surface area contributed by atoms with Gasteiger partial charge in [0.1, 0.15) is 12.2 Å². The molecule has 8 atom stereocenters. The van der Waals surface area contributed by atoms with Crippen molar-refractivity contribution in [2.24, 2.45) is 22.7 Å². The molecule has 0 radical (unpaired) electrons. The van der Waals surface area contributed by atoms with Crippen LogP contribution in [0.5, 0.6) is 0 Å². The lowest BCUT2D eigenvalue weighted by atomic mass is 9.43. The Morgan fingerprint density at radius 1 is 1.21 bits per heavy atom. The third kappa shape index (κ3) is 2.16. The van der Waals surface area contributed by atoms with E-state index in [2.05, 4.69) is 6.92 Å². The Hall–Kier alpha value is -1.08. The van der Waals surface area contributed by atoms with Crippen molar-refractivity contribution in [3.8, 4) is 0 Å². The van der Waals surface area contributed by atoms with Gasteiger partial charge in [-0.3, -0.25) is 9.59 Å². The standard InChI is InChI=1S/C23H32O6/c1-13-28-22-8-9-23(29-13,18(27)12-24)21(22,3)11-17(26)19-16(22)5-4-14-10-15(25)6-7-20(14,19)2/h10,13,16-17,19,24,26H,4-9,11-12H2,1-3H3/t13?,16-,17+,19-,20+,21+,22-,23-/m1/s1. The molecule has 5 rings (SSSR count). The maximum Gasteiger partial charge on any atom is 0.190 e. The third-order valence-corrected chi connectivity index (χ3v) is 9.50. The maximum atomic E-state index is 13.0. The summed E-state index contributed by atoms with van der Waals surface area (Å²) < 4.78 is 12.8. The number of fused-ring (bicyclic) bond motifs is 3. The number of aliphatic hydroxyl groups is 2. The number of ether oxygens (including phenoxy) is 2. The monoisotopic (exact) mass is 404 g/mol. The van der Waals surface area contributed by atoms with Gasteiger partial charge < -0.3 is 19.7 Å². The van der Waals surface area contributed by atoms with Gasteiger partial charge in [0, 0.05) is 11.8 Å². The molecule has 4 fully saturated rings. The molecule has 5 aliphatic rings. The lowest BCUT2D eigenvalue weighted by molar-refractivity contribution is -0.373. The van der Waals surface area contributed by atoms with Gasteiger partial charge in [-0.15, -0.1) is 0 Å². The van der Waals surface area contributed by atoms with Crippen molar-refractivity contribution in [1.82, 2.24) is 0 Å². The molecule has 2 N–H and O–H groups in total. The van der Waals surface area contributed by atoms with Crippen molar-refractivity contribution < 1.29 is 29.3 Å². The number of carbonyl (C=O) groups is 2. The normalized spacial score (nSPS) is 53.6. The van der Waals surface area contributed by atoms with Crippen molar-refractivity contribution in [2.45, 2.75) is 89.3 Å². The molecule has 1 aliphatic heterocycles. The number of hydrogen-bond acceptors (Lipinski definition) is 6. The summed E-state index contributed by atoms with van der Waals surface area (Å²) in [5, 5.41) is 21.2. The van der Waals surface area contributed by atoms with E-state index >= 15 is 0 Å². The SMILES string of the molecule is CC1O[C@@]2(C(=O)CO)CC[C@@]3(O1)[C@@H]1CCC4=CC(=O)CC[C@]4(C)[C@H]1[C@@H](O)C[C@]23C. The summed E-state index contributed by atoms with van der Waals surface area (Å²) in [6.07, 6.45) is 5.24. The van der Waals surface area contributed by atoms with Crippen LogP contribution in [0.25, 0.3) is 0 Å². The number of rotatable bonds is 2. The largest absolute Gasteiger partial charge is 0.393 e. The fourth-order valence-corrected chi connectivity index (χ4v) is 8.31. The van der Waals surface area contributed by atoms with E-state index in [9.17, 15) is 19.8 Å². The van der Waals surface area contributed by atoms with E-state index in [4.69, 9.17) is 9.47 Å². The number of carbonyl (C=O) groups excluding carboxylic acids is 2. The topological polar surface area (TPSA) is 93.1 Å². The van der Waals surface area contributed by atoms with Crippen LogP contribution in [0, 0.1) is 22.7 Å². The van der Waals surface area contributed by atoms with Crippen LogP contribution in [0.2, 0.25) is 0 Å². The average molecular weight is 405 g/mol. The fourth-order valence-electron chi connectivity index (χ4n) is 8.31. The van der Waals surface area contributed by atoms with Crippen LogP contribution in [0.15, 0.2) is 11.6 Å². The van der Waals surface area contributed by atoms with Gasteiger partial charge in [0.25, 0.3) is 0 Å². The molecule has 1 unspecified atom stereocenters. The van der Waals surface area contributed by atoms with Crippen LogP contribution < -0.4 is 0 Å². The van der Waals surface area contributed by atoms with Gasteiger partial charge in [-0.25, -0.2) is 0 Å². The zero-order valence-corrected chi connectivity index (χ0v) is 17.6. The minimum Gasteiger partial charge on any atom is -0.393 e. The number of aliphatic hydroxyl groups excluding tert-OH is 2. The summed E-state index contributed by atoms with van der Waals surface area (Å²) in [4.78, 5) is 25.0. The predicted octanol–water partition coefficient (Wildman–Crippen LogP) is 2.30. The first-order valence-corrected chi connectivity index (χ1v) is 11.1. The molecule has 6 heteroatoms. The summed E-state index contributed by atoms with van der Waals surface area (Å²) in [6.45, 7) is 5.50. The van der Waals surface area contributed by atoms with Crippen LogP contribution >= 0.6 is 0 Å². The summed E-state index contributed by atoms with van der Waals surface area (Å²) >= 11 is 0. The second kappa shape index (κ2) is 6.00. The van der Waals surface area contributed by atoms with E-state index in [0.717, 1.165) is 19.3 Å². The zero-order chi connectivity index (χ0) is 20.8. The Bertz CT molecular complexity index is 805. The van der Waals surface area contributed by atoms with E-state index < -0.39 is 35.6 Å². The van der Waals surface area contributed by atoms with Crippen molar-refractivity contribution in [3.63, 3.8) is 0 Å². The highest BCUT2D eigenvalue weighted by molar-refractivity contribution is 5.92. The van der Waals surface area contributed by atoms with Gasteiger partial charge in [0.05, 0.1) is 11.7 Å². The molecule has 0 aromatic rings. The first kappa shape index (κ1) is 19.9. The van der Waals surface area contributed by atoms with Crippen molar-refractivity contribution >= 4 is 11.6 Å². The molecule has 29 heavy (non-hydrogen) atoms. The lowest BCUT2D eigenvalue weighted by Gasteiger charge is -2.67. The van der Waals surface area contributed by atoms with Gasteiger partial charge >= 0.3 is 0 Å². The first-order chi connectivity index (χ1) is 13.6. The molecular weight excluding hydrogens is 372 g/mol. The molecule has 1 saturated heterocycles. The van der Waals surface area contributed by atoms with Gasteiger partial charge in [0.15, 0.2) is 17.9 Å². The molecule has 0 amide bonds. The van der Waals surface area contributed by atoms with E-state index in [1.54, 1.807) is 0 Å². The highest BCUT2D eigenvalue weighted by atomic mass is 16.7. The van der Waals surface area contributed by atoms with Crippen LogP contribution in [0.4, 0.5) is 0 Å². The van der Waals surface area contributed by atoms with Gasteiger partial charge in [-0.1, -0.05) is 19.4 Å². The molecule has 6 nitrogen and oxygen atoms in total. The summed E-state index contributed by atoms with van der Waals surface area (Å²) in [7, 11) is 0. The maximum absolute atomic E-state index is 13.0. The third-order valence-electron chi connectivity index (χ3n) is 9.50. The van der Waals surface area contributed by atoms with E-state index in [1.165, 1.54) is 5.57 Å². The van der Waals surface area contributed by atoms with E-state index in [0.29, 0.717) is 25.7 Å². The number of hydrogen-bond donors (Lipinski definition) is 2.